The number of nitrogens with two attached hydrogens (primary N) is 1. The number of benzene rings is 2. The largest absolute Gasteiger partial charge is 0.481 e. The van der Waals surface area contributed by atoms with Gasteiger partial charge in [-0.2, -0.15) is 0 Å². The molecular formula is C18H18N2O4. The van der Waals surface area contributed by atoms with Crippen molar-refractivity contribution in [3.8, 4) is 11.1 Å². The SMILES string of the molecule is NC(=O)[C@H](CCC(=O)O)NC(=O)c1ccc(-c2ccccc2)cc1. The number of carbonyl (C=O) groups is 3. The van der Waals surface area contributed by atoms with Crippen molar-refractivity contribution >= 4 is 17.8 Å². The van der Waals surface area contributed by atoms with Gasteiger partial charge in [0.05, 0.1) is 0 Å². The first kappa shape index (κ1) is 17.2. The minimum atomic E-state index is -1.05. The maximum Gasteiger partial charge on any atom is 0.303 e. The molecule has 0 radical (unpaired) electrons. The number of carbonyl (C=O) groups excluding carboxylic acids is 2. The van der Waals surface area contributed by atoms with E-state index in [9.17, 15) is 14.4 Å². The summed E-state index contributed by atoms with van der Waals surface area (Å²) in [6.45, 7) is 0. The lowest BCUT2D eigenvalue weighted by molar-refractivity contribution is -0.137. The summed E-state index contributed by atoms with van der Waals surface area (Å²) in [6.07, 6.45) is -0.292. The molecule has 0 unspecified atom stereocenters. The van der Waals surface area contributed by atoms with Crippen LogP contribution in [0.15, 0.2) is 54.6 Å². The summed E-state index contributed by atoms with van der Waals surface area (Å²) in [5.74, 6) is -2.28. The molecule has 1 atom stereocenters. The number of primary amides is 1. The Morgan fingerprint density at radius 1 is 0.958 bits per heavy atom. The van der Waals surface area contributed by atoms with Gasteiger partial charge in [0, 0.05) is 12.0 Å². The predicted molar refractivity (Wildman–Crippen MR) is 89.2 cm³/mol. The van der Waals surface area contributed by atoms with E-state index in [1.807, 2.05) is 30.3 Å². The lowest BCUT2D eigenvalue weighted by Gasteiger charge is -2.14. The van der Waals surface area contributed by atoms with Crippen molar-refractivity contribution in [1.82, 2.24) is 5.32 Å². The van der Waals surface area contributed by atoms with Crippen LogP contribution in [0.3, 0.4) is 0 Å². The maximum absolute atomic E-state index is 12.2. The van der Waals surface area contributed by atoms with E-state index in [1.54, 1.807) is 24.3 Å². The van der Waals surface area contributed by atoms with Crippen molar-refractivity contribution in [2.75, 3.05) is 0 Å². The fourth-order valence-corrected chi connectivity index (χ4v) is 2.24. The standard InChI is InChI=1S/C18H18N2O4/c19-17(23)15(10-11-16(21)22)20-18(24)14-8-6-13(7-9-14)12-4-2-1-3-5-12/h1-9,15H,10-11H2,(H2,19,23)(H,20,24)(H,21,22)/t15-/m0/s1. The molecular weight excluding hydrogens is 308 g/mol. The van der Waals surface area contributed by atoms with Gasteiger partial charge in [0.2, 0.25) is 5.91 Å². The highest BCUT2D eigenvalue weighted by atomic mass is 16.4. The summed E-state index contributed by atoms with van der Waals surface area (Å²) >= 11 is 0. The van der Waals surface area contributed by atoms with Crippen molar-refractivity contribution in [1.29, 1.82) is 0 Å². The second-order valence-corrected chi connectivity index (χ2v) is 5.30. The van der Waals surface area contributed by atoms with E-state index in [0.717, 1.165) is 11.1 Å². The highest BCUT2D eigenvalue weighted by Gasteiger charge is 2.19. The molecule has 24 heavy (non-hydrogen) atoms. The minimum absolute atomic E-state index is 0.0431. The summed E-state index contributed by atoms with van der Waals surface area (Å²) in [7, 11) is 0. The molecule has 2 aromatic rings. The first-order chi connectivity index (χ1) is 11.5. The molecule has 6 nitrogen and oxygen atoms in total. The molecule has 4 N–H and O–H groups in total. The Hall–Kier alpha value is -3.15. The molecule has 0 bridgehead atoms. The van der Waals surface area contributed by atoms with Gasteiger partial charge in [0.25, 0.3) is 5.91 Å². The van der Waals surface area contributed by atoms with Gasteiger partial charge in [-0.15, -0.1) is 0 Å². The van der Waals surface area contributed by atoms with Gasteiger partial charge < -0.3 is 16.2 Å². The fourth-order valence-electron chi connectivity index (χ4n) is 2.24. The average Bonchev–Trinajstić information content (AvgIpc) is 2.59. The predicted octanol–water partition coefficient (Wildman–Crippen LogP) is 1.80. The van der Waals surface area contributed by atoms with E-state index >= 15 is 0 Å². The van der Waals surface area contributed by atoms with Crippen molar-refractivity contribution < 1.29 is 19.5 Å². The molecule has 2 aromatic carbocycles. The molecule has 2 amide bonds. The molecule has 0 spiro atoms. The molecule has 124 valence electrons. The average molecular weight is 326 g/mol. The molecule has 0 aliphatic heterocycles. The first-order valence-electron chi connectivity index (χ1n) is 7.45. The Morgan fingerprint density at radius 3 is 2.08 bits per heavy atom. The Kier molecular flexibility index (Phi) is 5.68. The third-order valence-electron chi connectivity index (χ3n) is 3.55. The van der Waals surface area contributed by atoms with Gasteiger partial charge >= 0.3 is 5.97 Å². The molecule has 0 heterocycles. The van der Waals surface area contributed by atoms with Gasteiger partial charge in [-0.1, -0.05) is 42.5 Å². The van der Waals surface area contributed by atoms with Gasteiger partial charge in [-0.25, -0.2) is 0 Å². The molecule has 0 aliphatic carbocycles. The highest BCUT2D eigenvalue weighted by Crippen LogP contribution is 2.19. The van der Waals surface area contributed by atoms with E-state index in [4.69, 9.17) is 10.8 Å². The fraction of sp³-hybridized carbons (Fsp3) is 0.167. The smallest absolute Gasteiger partial charge is 0.303 e. The topological polar surface area (TPSA) is 109 Å². The van der Waals surface area contributed by atoms with E-state index in [1.165, 1.54) is 0 Å². The Bertz CT molecular complexity index is 726. The number of carboxylic acid groups (broad SMARTS) is 1. The normalized spacial score (nSPS) is 11.5. The molecule has 0 aliphatic rings. The van der Waals surface area contributed by atoms with Gasteiger partial charge in [0.1, 0.15) is 6.04 Å². The van der Waals surface area contributed by atoms with Crippen LogP contribution in [0.1, 0.15) is 23.2 Å². The number of carboxylic acids is 1. The van der Waals surface area contributed by atoms with Gasteiger partial charge in [-0.05, 0) is 29.7 Å². The van der Waals surface area contributed by atoms with Gasteiger partial charge in [-0.3, -0.25) is 14.4 Å². The van der Waals surface area contributed by atoms with Crippen LogP contribution in [-0.4, -0.2) is 28.9 Å². The first-order valence-corrected chi connectivity index (χ1v) is 7.45. The van der Waals surface area contributed by atoms with E-state index in [-0.39, 0.29) is 12.8 Å². The van der Waals surface area contributed by atoms with Crippen molar-refractivity contribution in [2.24, 2.45) is 5.73 Å². The van der Waals surface area contributed by atoms with E-state index in [2.05, 4.69) is 5.32 Å². The molecule has 0 aromatic heterocycles. The van der Waals surface area contributed by atoms with Crippen LogP contribution in [0.2, 0.25) is 0 Å². The minimum Gasteiger partial charge on any atom is -0.481 e. The number of rotatable bonds is 7. The number of nitrogens with one attached hydrogen (secondary N) is 1. The quantitative estimate of drug-likeness (QED) is 0.720. The zero-order valence-electron chi connectivity index (χ0n) is 12.9. The maximum atomic E-state index is 12.2. The van der Waals surface area contributed by atoms with Crippen LogP contribution >= 0.6 is 0 Å². The number of aliphatic carboxylic acids is 1. The van der Waals surface area contributed by atoms with Crippen LogP contribution < -0.4 is 11.1 Å². The number of amides is 2. The summed E-state index contributed by atoms with van der Waals surface area (Å²) < 4.78 is 0. The summed E-state index contributed by atoms with van der Waals surface area (Å²) in [5.41, 5.74) is 7.57. The van der Waals surface area contributed by atoms with Crippen molar-refractivity contribution in [3.05, 3.63) is 60.2 Å². The summed E-state index contributed by atoms with van der Waals surface area (Å²) in [4.78, 5) is 34.1. The monoisotopic (exact) mass is 326 g/mol. The van der Waals surface area contributed by atoms with E-state index < -0.39 is 23.8 Å². The molecule has 0 saturated carbocycles. The zero-order chi connectivity index (χ0) is 17.5. The van der Waals surface area contributed by atoms with Crippen molar-refractivity contribution in [2.45, 2.75) is 18.9 Å². The van der Waals surface area contributed by atoms with Crippen LogP contribution in [0, 0.1) is 0 Å². The third kappa shape index (κ3) is 4.67. The number of hydrogen-bond donors (Lipinski definition) is 3. The second-order valence-electron chi connectivity index (χ2n) is 5.30. The highest BCUT2D eigenvalue weighted by molar-refractivity contribution is 5.97. The third-order valence-corrected chi connectivity index (χ3v) is 3.55. The lowest BCUT2D eigenvalue weighted by atomic mass is 10.0. The van der Waals surface area contributed by atoms with Gasteiger partial charge in [0.15, 0.2) is 0 Å². The van der Waals surface area contributed by atoms with Crippen molar-refractivity contribution in [3.63, 3.8) is 0 Å². The zero-order valence-corrected chi connectivity index (χ0v) is 12.9. The van der Waals surface area contributed by atoms with Crippen LogP contribution in [-0.2, 0) is 9.59 Å². The van der Waals surface area contributed by atoms with E-state index in [0.29, 0.717) is 5.56 Å². The lowest BCUT2D eigenvalue weighted by Crippen LogP contribution is -2.44. The summed E-state index contributed by atoms with van der Waals surface area (Å²) in [6, 6.07) is 15.6. The molecule has 0 fully saturated rings. The Morgan fingerprint density at radius 2 is 1.54 bits per heavy atom. The molecule has 2 rings (SSSR count). The Labute approximate surface area is 139 Å². The van der Waals surface area contributed by atoms with Crippen LogP contribution in [0.5, 0.6) is 0 Å². The Balaban J connectivity index is 2.06. The molecule has 0 saturated heterocycles. The molecule has 6 heteroatoms. The second kappa shape index (κ2) is 7.92. The van der Waals surface area contributed by atoms with Crippen LogP contribution in [0.25, 0.3) is 11.1 Å². The summed E-state index contributed by atoms with van der Waals surface area (Å²) in [5, 5.41) is 11.1. The number of hydrogen-bond acceptors (Lipinski definition) is 3. The van der Waals surface area contributed by atoms with Crippen LogP contribution in [0.4, 0.5) is 0 Å².